The van der Waals surface area contributed by atoms with Gasteiger partial charge in [-0.2, -0.15) is 4.39 Å². The quantitative estimate of drug-likeness (QED) is 0.362. The minimum absolute atomic E-state index is 0.0385. The number of rotatable bonds is 4. The Kier molecular flexibility index (Phi) is 5.44. The van der Waals surface area contributed by atoms with Crippen LogP contribution in [0.4, 0.5) is 20.3 Å². The first kappa shape index (κ1) is 21.7. The number of H-pyrrole nitrogens is 1. The van der Waals surface area contributed by atoms with Crippen molar-refractivity contribution in [1.29, 1.82) is 0 Å². The van der Waals surface area contributed by atoms with E-state index >= 15 is 0 Å². The van der Waals surface area contributed by atoms with Gasteiger partial charge >= 0.3 is 0 Å². The molecule has 8 nitrogen and oxygen atoms in total. The molecule has 35 heavy (non-hydrogen) atoms. The molecular formula is C24H21ClF2N6O2. The summed E-state index contributed by atoms with van der Waals surface area (Å²) in [5.74, 6) is -1.90. The highest BCUT2D eigenvalue weighted by atomic mass is 35.5. The summed E-state index contributed by atoms with van der Waals surface area (Å²) in [6, 6.07) is 3.83. The van der Waals surface area contributed by atoms with Crippen LogP contribution in [0.15, 0.2) is 36.5 Å². The Bertz CT molecular complexity index is 1440. The van der Waals surface area contributed by atoms with E-state index in [1.54, 1.807) is 0 Å². The number of nitrogens with zero attached hydrogens (tertiary/aromatic N) is 3. The van der Waals surface area contributed by atoms with Crippen LogP contribution >= 0.6 is 11.6 Å². The fraction of sp³-hybridized carbons (Fsp3) is 0.250. The molecule has 0 spiro atoms. The Balaban J connectivity index is 1.44. The minimum atomic E-state index is -1.34. The van der Waals surface area contributed by atoms with E-state index in [4.69, 9.17) is 18.7 Å². The van der Waals surface area contributed by atoms with E-state index in [2.05, 4.69) is 20.3 Å². The molecule has 1 unspecified atom stereocenters. The number of aromatic amines is 1. The largest absolute Gasteiger partial charge is 0.398 e. The predicted molar refractivity (Wildman–Crippen MR) is 127 cm³/mol. The first-order valence-electron chi connectivity index (χ1n) is 11.3. The lowest BCUT2D eigenvalue weighted by atomic mass is 9.92. The molecule has 1 aromatic carbocycles. The van der Waals surface area contributed by atoms with E-state index in [1.807, 2.05) is 0 Å². The minimum Gasteiger partial charge on any atom is -0.398 e. The first-order chi connectivity index (χ1) is 17.1. The second-order valence-electron chi connectivity index (χ2n) is 8.40. The number of anilines is 2. The zero-order valence-electron chi connectivity index (χ0n) is 19.5. The number of hydrogen-bond acceptors (Lipinski definition) is 5. The number of amides is 2. The standard InChI is InChI=1S/C24H21ClF2N6O2/c1-11(34)30-19-7-3-14(23(27)32-19)17-10-29-24(31-17)18-6-2-13-8-12(9-20(35)33(13)18)21-16(28)5-4-15(25)22(21)26/h3-5,7,9-10,13,18H,2,6,8,28H2,1H3,(H,29,31)(H,30,32,34)/t13?,18-/m0/s1/i13D. The van der Waals surface area contributed by atoms with Gasteiger partial charge in [-0.1, -0.05) is 11.6 Å². The number of pyridine rings is 1. The van der Waals surface area contributed by atoms with Gasteiger partial charge in [-0.3, -0.25) is 9.59 Å². The number of aromatic nitrogens is 3. The number of halogens is 3. The molecular weight excluding hydrogens is 478 g/mol. The number of nitrogens with one attached hydrogen (secondary N) is 2. The van der Waals surface area contributed by atoms with Gasteiger partial charge < -0.3 is 20.9 Å². The number of imidazole rings is 1. The Morgan fingerprint density at radius 3 is 2.86 bits per heavy atom. The SMILES string of the molecule is [2H]C12CC[C@@H](c3ncc(-c4ccc(NC(C)=O)nc4F)[nH]3)N1C(=O)C=C(c1c(N)ccc(Cl)c1F)C2. The normalized spacial score (nSPS) is 22.0. The maximum absolute atomic E-state index is 14.8. The van der Waals surface area contributed by atoms with Gasteiger partial charge in [-0.25, -0.2) is 14.4 Å². The average molecular weight is 500 g/mol. The molecule has 4 heterocycles. The highest BCUT2D eigenvalue weighted by molar-refractivity contribution is 6.31. The van der Waals surface area contributed by atoms with Crippen LogP contribution in [0.2, 0.25) is 5.02 Å². The lowest BCUT2D eigenvalue weighted by Gasteiger charge is -2.33. The molecule has 4 N–H and O–H groups in total. The van der Waals surface area contributed by atoms with Crippen molar-refractivity contribution in [3.05, 3.63) is 64.7 Å². The van der Waals surface area contributed by atoms with E-state index in [-0.39, 0.29) is 40.0 Å². The van der Waals surface area contributed by atoms with E-state index in [1.165, 1.54) is 48.4 Å². The molecule has 1 fully saturated rings. The van der Waals surface area contributed by atoms with E-state index < -0.39 is 29.7 Å². The molecule has 1 saturated heterocycles. The van der Waals surface area contributed by atoms with Crippen molar-refractivity contribution in [3.63, 3.8) is 0 Å². The zero-order chi connectivity index (χ0) is 25.8. The van der Waals surface area contributed by atoms with Gasteiger partial charge in [0.2, 0.25) is 17.8 Å². The second-order valence-corrected chi connectivity index (χ2v) is 8.81. The predicted octanol–water partition coefficient (Wildman–Crippen LogP) is 4.46. The Morgan fingerprint density at radius 2 is 2.11 bits per heavy atom. The van der Waals surface area contributed by atoms with E-state index in [0.717, 1.165) is 0 Å². The van der Waals surface area contributed by atoms with Gasteiger partial charge in [0, 0.05) is 30.3 Å². The number of fused-ring (bicyclic) bond motifs is 1. The molecule has 3 aromatic rings. The number of hydrogen-bond donors (Lipinski definition) is 3. The number of carbonyl (C=O) groups excluding carboxylic acids is 2. The molecule has 2 amide bonds. The molecule has 2 atom stereocenters. The summed E-state index contributed by atoms with van der Waals surface area (Å²) in [6.45, 7) is 1.29. The van der Waals surface area contributed by atoms with Crippen molar-refractivity contribution < 1.29 is 19.7 Å². The molecule has 0 radical (unpaired) electrons. The number of benzene rings is 1. The van der Waals surface area contributed by atoms with Crippen LogP contribution in [-0.4, -0.2) is 37.7 Å². The molecule has 0 bridgehead atoms. The van der Waals surface area contributed by atoms with E-state index in [9.17, 15) is 18.4 Å². The summed E-state index contributed by atoms with van der Waals surface area (Å²) in [5.41, 5.74) is 6.93. The van der Waals surface area contributed by atoms with E-state index in [0.29, 0.717) is 29.9 Å². The van der Waals surface area contributed by atoms with Crippen LogP contribution < -0.4 is 11.1 Å². The lowest BCUT2D eigenvalue weighted by molar-refractivity contribution is -0.129. The van der Waals surface area contributed by atoms with Gasteiger partial charge in [0.15, 0.2) is 5.82 Å². The van der Waals surface area contributed by atoms with Gasteiger partial charge in [-0.05, 0) is 49.1 Å². The smallest absolute Gasteiger partial charge is 0.247 e. The van der Waals surface area contributed by atoms with Crippen molar-refractivity contribution >= 4 is 40.5 Å². The van der Waals surface area contributed by atoms with Crippen molar-refractivity contribution in [2.24, 2.45) is 0 Å². The number of carbonyl (C=O) groups is 2. The maximum Gasteiger partial charge on any atom is 0.247 e. The van der Waals surface area contributed by atoms with Crippen molar-refractivity contribution in [3.8, 4) is 11.3 Å². The van der Waals surface area contributed by atoms with Crippen LogP contribution in [0, 0.1) is 11.8 Å². The molecule has 0 aliphatic carbocycles. The number of nitrogens with two attached hydrogens (primary N) is 1. The van der Waals surface area contributed by atoms with Gasteiger partial charge in [0.1, 0.15) is 11.6 Å². The van der Waals surface area contributed by atoms with Crippen molar-refractivity contribution in [2.45, 2.75) is 38.2 Å². The van der Waals surface area contributed by atoms with Gasteiger partial charge in [-0.15, -0.1) is 0 Å². The summed E-state index contributed by atoms with van der Waals surface area (Å²) >= 11 is 5.92. The van der Waals surface area contributed by atoms with Crippen LogP contribution in [0.1, 0.15) is 45.0 Å². The molecule has 5 rings (SSSR count). The van der Waals surface area contributed by atoms with Gasteiger partial charge in [0.05, 0.1) is 29.9 Å². The molecule has 2 aliphatic heterocycles. The second kappa shape index (κ2) is 8.77. The van der Waals surface area contributed by atoms with Crippen LogP contribution in [-0.2, 0) is 9.59 Å². The highest BCUT2D eigenvalue weighted by Crippen LogP contribution is 2.44. The third-order valence-electron chi connectivity index (χ3n) is 6.09. The fourth-order valence-corrected chi connectivity index (χ4v) is 4.74. The van der Waals surface area contributed by atoms with Gasteiger partial charge in [0.25, 0.3) is 0 Å². The summed E-state index contributed by atoms with van der Waals surface area (Å²) in [5, 5.41) is 2.30. The number of nitrogen functional groups attached to an aromatic ring is 1. The van der Waals surface area contributed by atoms with Crippen LogP contribution in [0.25, 0.3) is 16.8 Å². The fourth-order valence-electron chi connectivity index (χ4n) is 4.59. The Labute approximate surface area is 205 Å². The summed E-state index contributed by atoms with van der Waals surface area (Å²) < 4.78 is 38.4. The Hall–Kier alpha value is -3.79. The topological polar surface area (TPSA) is 117 Å². The summed E-state index contributed by atoms with van der Waals surface area (Å²) in [7, 11) is 0. The third kappa shape index (κ3) is 4.14. The molecule has 2 aromatic heterocycles. The molecule has 11 heteroatoms. The lowest BCUT2D eigenvalue weighted by Crippen LogP contribution is -2.39. The molecule has 0 saturated carbocycles. The monoisotopic (exact) mass is 499 g/mol. The van der Waals surface area contributed by atoms with Crippen LogP contribution in [0.3, 0.4) is 0 Å². The first-order valence-corrected chi connectivity index (χ1v) is 11.2. The average Bonchev–Trinajstić information content (AvgIpc) is 3.41. The van der Waals surface area contributed by atoms with Crippen molar-refractivity contribution in [1.82, 2.24) is 19.9 Å². The summed E-state index contributed by atoms with van der Waals surface area (Å²) in [6.07, 6.45) is 3.52. The molecule has 2 aliphatic rings. The maximum atomic E-state index is 14.8. The zero-order valence-corrected chi connectivity index (χ0v) is 19.3. The Morgan fingerprint density at radius 1 is 1.31 bits per heavy atom. The third-order valence-corrected chi connectivity index (χ3v) is 6.38. The highest BCUT2D eigenvalue weighted by Gasteiger charge is 2.42. The summed E-state index contributed by atoms with van der Waals surface area (Å²) in [4.78, 5) is 36.9. The van der Waals surface area contributed by atoms with Crippen molar-refractivity contribution in [2.75, 3.05) is 11.1 Å². The molecule has 180 valence electrons. The van der Waals surface area contributed by atoms with Crippen LogP contribution in [0.5, 0.6) is 0 Å².